The van der Waals surface area contributed by atoms with E-state index >= 15 is 0 Å². The Labute approximate surface area is 203 Å². The van der Waals surface area contributed by atoms with E-state index in [1.54, 1.807) is 36.4 Å². The molecular weight excluding hydrogens is 442 g/mol. The fourth-order valence-electron chi connectivity index (χ4n) is 4.33. The Hall–Kier alpha value is -4.10. The van der Waals surface area contributed by atoms with Gasteiger partial charge >= 0.3 is 0 Å². The van der Waals surface area contributed by atoms with E-state index < -0.39 is 0 Å². The molecule has 2 heterocycles. The van der Waals surface area contributed by atoms with Gasteiger partial charge in [-0.25, -0.2) is 0 Å². The Morgan fingerprint density at radius 2 is 1.69 bits per heavy atom. The van der Waals surface area contributed by atoms with Crippen molar-refractivity contribution in [2.75, 3.05) is 38.1 Å². The van der Waals surface area contributed by atoms with E-state index in [1.807, 2.05) is 4.90 Å². The van der Waals surface area contributed by atoms with Crippen molar-refractivity contribution in [3.63, 3.8) is 0 Å². The molecule has 2 amide bonds. The predicted octanol–water partition coefficient (Wildman–Crippen LogP) is 4.41. The van der Waals surface area contributed by atoms with Gasteiger partial charge in [0.15, 0.2) is 12.4 Å². The van der Waals surface area contributed by atoms with Gasteiger partial charge in [0.25, 0.3) is 11.8 Å². The van der Waals surface area contributed by atoms with Crippen LogP contribution in [0.15, 0.2) is 89.5 Å². The largest absolute Gasteiger partial charge is 0.484 e. The van der Waals surface area contributed by atoms with Crippen LogP contribution in [-0.4, -0.2) is 54.4 Å². The Balaban J connectivity index is 1.11. The lowest BCUT2D eigenvalue weighted by Gasteiger charge is -2.34. The van der Waals surface area contributed by atoms with Crippen LogP contribution in [0, 0.1) is 0 Å². The first-order valence-corrected chi connectivity index (χ1v) is 11.7. The number of furan rings is 1. The van der Waals surface area contributed by atoms with Crippen LogP contribution in [0.2, 0.25) is 0 Å². The number of carbonyl (C=O) groups is 2. The van der Waals surface area contributed by atoms with Crippen LogP contribution in [-0.2, 0) is 11.3 Å². The first-order chi connectivity index (χ1) is 17.2. The molecule has 0 saturated carbocycles. The van der Waals surface area contributed by atoms with Crippen molar-refractivity contribution in [1.82, 2.24) is 9.80 Å². The molecule has 5 rings (SSSR count). The summed E-state index contributed by atoms with van der Waals surface area (Å²) in [4.78, 5) is 29.1. The summed E-state index contributed by atoms with van der Waals surface area (Å²) in [6.07, 6.45) is 1.45. The molecule has 1 saturated heterocycles. The molecule has 1 aromatic heterocycles. The zero-order valence-corrected chi connectivity index (χ0v) is 19.4. The Morgan fingerprint density at radius 1 is 0.886 bits per heavy atom. The van der Waals surface area contributed by atoms with Gasteiger partial charge in [0.2, 0.25) is 0 Å². The summed E-state index contributed by atoms with van der Waals surface area (Å²) in [5.41, 5.74) is 1.88. The number of amides is 2. The molecule has 35 heavy (non-hydrogen) atoms. The lowest BCUT2D eigenvalue weighted by molar-refractivity contribution is -0.135. The first-order valence-electron chi connectivity index (χ1n) is 11.7. The zero-order valence-electron chi connectivity index (χ0n) is 19.4. The minimum atomic E-state index is -0.343. The zero-order chi connectivity index (χ0) is 24.0. The topological polar surface area (TPSA) is 75.0 Å². The number of carbonyl (C=O) groups excluding carboxylic acids is 2. The monoisotopic (exact) mass is 469 g/mol. The van der Waals surface area contributed by atoms with Gasteiger partial charge < -0.3 is 19.4 Å². The Morgan fingerprint density at radius 3 is 2.51 bits per heavy atom. The van der Waals surface area contributed by atoms with Crippen molar-refractivity contribution in [1.29, 1.82) is 0 Å². The van der Waals surface area contributed by atoms with Crippen LogP contribution >= 0.6 is 0 Å². The van der Waals surface area contributed by atoms with E-state index in [9.17, 15) is 9.59 Å². The lowest BCUT2D eigenvalue weighted by atomic mass is 10.0. The maximum atomic E-state index is 12.7. The third-order valence-corrected chi connectivity index (χ3v) is 6.20. The molecule has 1 fully saturated rings. The van der Waals surface area contributed by atoms with Crippen LogP contribution < -0.4 is 10.1 Å². The maximum absolute atomic E-state index is 12.7. The highest BCUT2D eigenvalue weighted by molar-refractivity contribution is 6.02. The number of rotatable bonds is 7. The van der Waals surface area contributed by atoms with E-state index in [-0.39, 0.29) is 24.2 Å². The number of ether oxygens (including phenoxy) is 1. The average Bonchev–Trinajstić information content (AvgIpc) is 3.44. The van der Waals surface area contributed by atoms with Gasteiger partial charge in [-0.05, 0) is 40.6 Å². The third-order valence-electron chi connectivity index (χ3n) is 6.20. The normalized spacial score (nSPS) is 14.1. The van der Waals surface area contributed by atoms with Gasteiger partial charge in [0.05, 0.1) is 6.26 Å². The summed E-state index contributed by atoms with van der Waals surface area (Å²) >= 11 is 0. The summed E-state index contributed by atoms with van der Waals surface area (Å²) < 4.78 is 10.8. The second-order valence-electron chi connectivity index (χ2n) is 8.54. The van der Waals surface area contributed by atoms with E-state index in [2.05, 4.69) is 52.7 Å². The Kier molecular flexibility index (Phi) is 6.77. The second kappa shape index (κ2) is 10.4. The molecule has 4 aromatic rings. The Bertz CT molecular complexity index is 1310. The van der Waals surface area contributed by atoms with Gasteiger partial charge in [-0.15, -0.1) is 0 Å². The minimum Gasteiger partial charge on any atom is -0.484 e. The van der Waals surface area contributed by atoms with Crippen molar-refractivity contribution in [2.45, 2.75) is 6.54 Å². The van der Waals surface area contributed by atoms with Gasteiger partial charge in [0.1, 0.15) is 5.75 Å². The molecule has 0 radical (unpaired) electrons. The highest BCUT2D eigenvalue weighted by atomic mass is 16.5. The van der Waals surface area contributed by atoms with Crippen LogP contribution in [0.3, 0.4) is 0 Å². The summed E-state index contributed by atoms with van der Waals surface area (Å²) in [6, 6.07) is 25.1. The van der Waals surface area contributed by atoms with Crippen LogP contribution in [0.1, 0.15) is 16.1 Å². The highest BCUT2D eigenvalue weighted by Crippen LogP contribution is 2.21. The molecular formula is C28H27N3O4. The summed E-state index contributed by atoms with van der Waals surface area (Å²) in [5.74, 6) is 0.362. The van der Waals surface area contributed by atoms with E-state index in [0.29, 0.717) is 24.5 Å². The van der Waals surface area contributed by atoms with Gasteiger partial charge in [-0.2, -0.15) is 0 Å². The van der Waals surface area contributed by atoms with Crippen molar-refractivity contribution >= 4 is 28.3 Å². The summed E-state index contributed by atoms with van der Waals surface area (Å²) in [6.45, 7) is 3.82. The molecule has 0 unspecified atom stereocenters. The van der Waals surface area contributed by atoms with Gasteiger partial charge in [-0.1, -0.05) is 48.5 Å². The van der Waals surface area contributed by atoms with Crippen molar-refractivity contribution in [3.8, 4) is 5.75 Å². The van der Waals surface area contributed by atoms with E-state index in [0.717, 1.165) is 19.6 Å². The van der Waals surface area contributed by atoms with E-state index in [4.69, 9.17) is 9.15 Å². The molecule has 0 aliphatic carbocycles. The molecule has 1 aliphatic rings. The second-order valence-corrected chi connectivity index (χ2v) is 8.54. The fraction of sp³-hybridized carbons (Fsp3) is 0.214. The smallest absolute Gasteiger partial charge is 0.291 e. The van der Waals surface area contributed by atoms with Crippen LogP contribution in [0.25, 0.3) is 10.8 Å². The fourth-order valence-corrected chi connectivity index (χ4v) is 4.33. The van der Waals surface area contributed by atoms with Crippen molar-refractivity contribution in [3.05, 3.63) is 96.4 Å². The number of hydrogen-bond acceptors (Lipinski definition) is 5. The van der Waals surface area contributed by atoms with Crippen molar-refractivity contribution < 1.29 is 18.7 Å². The number of anilines is 1. The maximum Gasteiger partial charge on any atom is 0.291 e. The molecule has 0 atom stereocenters. The third kappa shape index (κ3) is 5.53. The molecule has 1 N–H and O–H groups in total. The van der Waals surface area contributed by atoms with Crippen LogP contribution in [0.4, 0.5) is 5.69 Å². The lowest BCUT2D eigenvalue weighted by Crippen LogP contribution is -2.49. The number of nitrogens with one attached hydrogen (secondary N) is 1. The summed E-state index contributed by atoms with van der Waals surface area (Å²) in [7, 11) is 0. The molecule has 7 nitrogen and oxygen atoms in total. The number of piperazine rings is 1. The SMILES string of the molecule is O=C(Nc1cccc(OCC(=O)N2CCN(Cc3cccc4ccccc34)CC2)c1)c1ccco1. The van der Waals surface area contributed by atoms with Crippen LogP contribution in [0.5, 0.6) is 5.75 Å². The molecule has 0 spiro atoms. The van der Waals surface area contributed by atoms with Crippen molar-refractivity contribution in [2.24, 2.45) is 0 Å². The number of fused-ring (bicyclic) bond motifs is 1. The standard InChI is InChI=1S/C28H27N3O4/c32-27(20-35-24-10-4-9-23(18-24)29-28(33)26-12-5-17-34-26)31-15-13-30(14-16-31)19-22-8-3-7-21-6-1-2-11-25(21)22/h1-12,17-18H,13-16,19-20H2,(H,29,33). The summed E-state index contributed by atoms with van der Waals surface area (Å²) in [5, 5.41) is 5.29. The molecule has 3 aromatic carbocycles. The van der Waals surface area contributed by atoms with Gasteiger partial charge in [0, 0.05) is 44.5 Å². The minimum absolute atomic E-state index is 0.0418. The molecule has 7 heteroatoms. The molecule has 1 aliphatic heterocycles. The number of hydrogen-bond donors (Lipinski definition) is 1. The molecule has 178 valence electrons. The van der Waals surface area contributed by atoms with E-state index in [1.165, 1.54) is 22.6 Å². The predicted molar refractivity (Wildman–Crippen MR) is 134 cm³/mol. The van der Waals surface area contributed by atoms with Gasteiger partial charge in [-0.3, -0.25) is 14.5 Å². The quantitative estimate of drug-likeness (QED) is 0.434. The number of benzene rings is 3. The number of nitrogens with zero attached hydrogens (tertiary/aromatic N) is 2. The molecule has 0 bridgehead atoms. The first kappa shape index (κ1) is 22.7. The average molecular weight is 470 g/mol. The highest BCUT2D eigenvalue weighted by Gasteiger charge is 2.22.